The van der Waals surface area contributed by atoms with Gasteiger partial charge in [-0.1, -0.05) is 31.2 Å². The predicted molar refractivity (Wildman–Crippen MR) is 146 cm³/mol. The van der Waals surface area contributed by atoms with Crippen molar-refractivity contribution in [3.63, 3.8) is 0 Å². The molecule has 0 radical (unpaired) electrons. The van der Waals surface area contributed by atoms with Gasteiger partial charge in [0.15, 0.2) is 8.32 Å². The molecule has 0 spiro atoms. The fourth-order valence-electron chi connectivity index (χ4n) is 6.24. The van der Waals surface area contributed by atoms with Crippen LogP contribution in [0.4, 0.5) is 5.69 Å². The van der Waals surface area contributed by atoms with E-state index in [0.717, 1.165) is 22.4 Å². The molecule has 2 N–H and O–H groups in total. The molecule has 1 fully saturated rings. The smallest absolute Gasteiger partial charge is 0.228 e. The Kier molecular flexibility index (Phi) is 7.39. The SMILES string of the molecule is CO[C@@H]1c2cc(N3CCC3=O)ccc2O[C@H](C(CC(=O)N2Cc3ccccc3C[C@H]2CO)[Si](C)(C)O)[C@H]1C. The summed E-state index contributed by atoms with van der Waals surface area (Å²) >= 11 is 0. The molecule has 3 heterocycles. The van der Waals surface area contributed by atoms with Gasteiger partial charge in [0.25, 0.3) is 0 Å². The number of hydrogen-bond donors (Lipinski definition) is 2. The van der Waals surface area contributed by atoms with E-state index >= 15 is 0 Å². The quantitative estimate of drug-likeness (QED) is 0.414. The van der Waals surface area contributed by atoms with E-state index in [1.54, 1.807) is 16.9 Å². The van der Waals surface area contributed by atoms with E-state index < -0.39 is 14.4 Å². The minimum absolute atomic E-state index is 0.0830. The van der Waals surface area contributed by atoms with Gasteiger partial charge >= 0.3 is 0 Å². The second-order valence-electron chi connectivity index (χ2n) is 11.4. The number of methoxy groups -OCH3 is 1. The number of benzene rings is 2. The standard InChI is InChI=1S/C29H38N2O6Si/c1-18-28(36-2)23-14-21(30-12-11-26(30)33)9-10-24(23)37-29(18)25(38(3,4)35)15-27(34)31-16-20-8-6-5-7-19(20)13-22(31)17-32/h5-10,14,18,22,25,28-29,32,35H,11-13,15-17H2,1-4H3/t18-,22-,25?,28-,29-/m0/s1. The summed E-state index contributed by atoms with van der Waals surface area (Å²) in [6.45, 7) is 6.79. The Labute approximate surface area is 225 Å². The van der Waals surface area contributed by atoms with Gasteiger partial charge in [-0.25, -0.2) is 0 Å². The van der Waals surface area contributed by atoms with Crippen LogP contribution in [-0.2, 0) is 27.3 Å². The van der Waals surface area contributed by atoms with Crippen LogP contribution in [0.2, 0.25) is 18.6 Å². The Bertz CT molecular complexity index is 1210. The van der Waals surface area contributed by atoms with Gasteiger partial charge in [-0.2, -0.15) is 0 Å². The highest BCUT2D eigenvalue weighted by atomic mass is 28.4. The first-order valence-electron chi connectivity index (χ1n) is 13.5. The number of amides is 2. The summed E-state index contributed by atoms with van der Waals surface area (Å²) in [5.74, 6) is 0.546. The van der Waals surface area contributed by atoms with Crippen LogP contribution in [0.5, 0.6) is 5.75 Å². The zero-order valence-electron chi connectivity index (χ0n) is 22.6. The fourth-order valence-corrected chi connectivity index (χ4v) is 8.09. The molecule has 5 atom stereocenters. The molecule has 204 valence electrons. The van der Waals surface area contributed by atoms with Crippen LogP contribution in [0.25, 0.3) is 0 Å². The maximum Gasteiger partial charge on any atom is 0.228 e. The zero-order valence-corrected chi connectivity index (χ0v) is 23.6. The van der Waals surface area contributed by atoms with Crippen LogP contribution >= 0.6 is 0 Å². The Balaban J connectivity index is 1.41. The van der Waals surface area contributed by atoms with Gasteiger partial charge in [-0.3, -0.25) is 9.59 Å². The third-order valence-corrected chi connectivity index (χ3v) is 10.9. The van der Waals surface area contributed by atoms with E-state index in [2.05, 4.69) is 6.07 Å². The van der Waals surface area contributed by atoms with Crippen LogP contribution < -0.4 is 9.64 Å². The third-order valence-electron chi connectivity index (χ3n) is 8.56. The van der Waals surface area contributed by atoms with Gasteiger partial charge in [0.05, 0.1) is 18.8 Å². The van der Waals surface area contributed by atoms with Gasteiger partial charge in [-0.15, -0.1) is 0 Å². The van der Waals surface area contributed by atoms with Crippen molar-refractivity contribution in [3.05, 3.63) is 59.2 Å². The highest BCUT2D eigenvalue weighted by molar-refractivity contribution is 6.71. The van der Waals surface area contributed by atoms with E-state index in [4.69, 9.17) is 9.47 Å². The highest BCUT2D eigenvalue weighted by Crippen LogP contribution is 2.48. The lowest BCUT2D eigenvalue weighted by Gasteiger charge is -2.45. The van der Waals surface area contributed by atoms with E-state index in [0.29, 0.717) is 31.7 Å². The number of rotatable bonds is 7. The summed E-state index contributed by atoms with van der Waals surface area (Å²) in [5.41, 5.74) is 3.58. The molecule has 1 unspecified atom stereocenters. The van der Waals surface area contributed by atoms with E-state index in [1.807, 2.05) is 56.4 Å². The van der Waals surface area contributed by atoms with Crippen LogP contribution in [-0.4, -0.2) is 67.3 Å². The van der Waals surface area contributed by atoms with E-state index in [9.17, 15) is 19.5 Å². The Morgan fingerprint density at radius 3 is 2.55 bits per heavy atom. The average molecular weight is 539 g/mol. The molecule has 1 saturated heterocycles. The van der Waals surface area contributed by atoms with Crippen LogP contribution in [0, 0.1) is 5.92 Å². The minimum atomic E-state index is -2.89. The normalized spacial score (nSPS) is 25.7. The van der Waals surface area contributed by atoms with Gasteiger partial charge in [-0.05, 0) is 48.8 Å². The van der Waals surface area contributed by atoms with Crippen molar-refractivity contribution in [3.8, 4) is 5.75 Å². The molecule has 38 heavy (non-hydrogen) atoms. The first-order valence-corrected chi connectivity index (χ1v) is 16.5. The molecule has 9 heteroatoms. The molecule has 0 saturated carbocycles. The maximum absolute atomic E-state index is 13.8. The second kappa shape index (κ2) is 10.4. The van der Waals surface area contributed by atoms with Gasteiger partial charge in [0.1, 0.15) is 11.9 Å². The molecule has 0 bridgehead atoms. The molecule has 3 aliphatic heterocycles. The average Bonchev–Trinajstić information content (AvgIpc) is 2.89. The number of carbonyl (C=O) groups excluding carboxylic acids is 2. The van der Waals surface area contributed by atoms with Gasteiger partial charge in [0.2, 0.25) is 11.8 Å². The topological polar surface area (TPSA) is 99.5 Å². The van der Waals surface area contributed by atoms with Crippen molar-refractivity contribution < 1.29 is 29.0 Å². The number of aliphatic hydroxyl groups is 1. The Morgan fingerprint density at radius 2 is 1.95 bits per heavy atom. The van der Waals surface area contributed by atoms with E-state index in [1.165, 1.54) is 0 Å². The molecule has 2 aromatic carbocycles. The second-order valence-corrected chi connectivity index (χ2v) is 15.5. The van der Waals surface area contributed by atoms with Crippen molar-refractivity contribution in [1.29, 1.82) is 0 Å². The number of anilines is 1. The molecule has 5 rings (SSSR count). The number of fused-ring (bicyclic) bond motifs is 2. The lowest BCUT2D eigenvalue weighted by molar-refractivity contribution is -0.137. The van der Waals surface area contributed by atoms with Gasteiger partial charge < -0.3 is 29.2 Å². The van der Waals surface area contributed by atoms with Crippen LogP contribution in [0.3, 0.4) is 0 Å². The van der Waals surface area contributed by atoms with Crippen LogP contribution in [0.15, 0.2) is 42.5 Å². The Hall–Kier alpha value is -2.72. The van der Waals surface area contributed by atoms with E-state index in [-0.39, 0.29) is 48.4 Å². The summed E-state index contributed by atoms with van der Waals surface area (Å²) in [6, 6.07) is 13.5. The van der Waals surface area contributed by atoms with Crippen molar-refractivity contribution in [2.24, 2.45) is 5.92 Å². The monoisotopic (exact) mass is 538 g/mol. The predicted octanol–water partition coefficient (Wildman–Crippen LogP) is 3.41. The van der Waals surface area contributed by atoms with Crippen LogP contribution in [0.1, 0.15) is 42.6 Å². The molecule has 2 aromatic rings. The molecule has 3 aliphatic rings. The lowest BCUT2D eigenvalue weighted by Crippen LogP contribution is -2.52. The molecule has 8 nitrogen and oxygen atoms in total. The van der Waals surface area contributed by atoms with Crippen molar-refractivity contribution in [2.45, 2.75) is 69.6 Å². The summed E-state index contributed by atoms with van der Waals surface area (Å²) in [4.78, 5) is 40.7. The van der Waals surface area contributed by atoms with Crippen molar-refractivity contribution >= 4 is 25.8 Å². The number of hydrogen-bond acceptors (Lipinski definition) is 6. The number of carbonyl (C=O) groups is 2. The number of β-lactam (4-membered cyclic amide) rings is 1. The zero-order chi connectivity index (χ0) is 27.2. The molecular formula is C29H38N2O6Si. The summed E-state index contributed by atoms with van der Waals surface area (Å²) in [5, 5.41) is 10.1. The van der Waals surface area contributed by atoms with Gasteiger partial charge in [0, 0.05) is 55.8 Å². The largest absolute Gasteiger partial charge is 0.490 e. The van der Waals surface area contributed by atoms with Crippen molar-refractivity contribution in [1.82, 2.24) is 4.90 Å². The minimum Gasteiger partial charge on any atom is -0.490 e. The summed E-state index contributed by atoms with van der Waals surface area (Å²) in [7, 11) is -1.23. The maximum atomic E-state index is 13.8. The summed E-state index contributed by atoms with van der Waals surface area (Å²) < 4.78 is 12.5. The number of ether oxygens (including phenoxy) is 2. The first-order chi connectivity index (χ1) is 18.1. The molecular weight excluding hydrogens is 500 g/mol. The van der Waals surface area contributed by atoms with Crippen molar-refractivity contribution in [2.75, 3.05) is 25.2 Å². The number of aliphatic hydroxyl groups excluding tert-OH is 1. The Morgan fingerprint density at radius 1 is 1.21 bits per heavy atom. The molecule has 0 aromatic heterocycles. The highest BCUT2D eigenvalue weighted by Gasteiger charge is 2.48. The lowest BCUT2D eigenvalue weighted by atomic mass is 9.85. The summed E-state index contributed by atoms with van der Waals surface area (Å²) in [6.07, 6.45) is 0.576. The fraction of sp³-hybridized carbons (Fsp3) is 0.517. The number of nitrogens with zero attached hydrogens (tertiary/aromatic N) is 2. The first kappa shape index (κ1) is 26.9. The molecule has 0 aliphatic carbocycles. The molecule has 2 amide bonds. The third kappa shape index (κ3) is 4.88.